The quantitative estimate of drug-likeness (QED) is 0.234. The summed E-state index contributed by atoms with van der Waals surface area (Å²) < 4.78 is 2.36. The van der Waals surface area contributed by atoms with Crippen LogP contribution < -0.4 is 0 Å². The first-order valence-electron chi connectivity index (χ1n) is 13.4. The Kier molecular flexibility index (Phi) is 4.08. The maximum Gasteiger partial charge on any atom is 0.0970 e. The first-order chi connectivity index (χ1) is 19.3. The molecule has 0 atom stereocenters. The third-order valence-corrected chi connectivity index (χ3v) is 8.36. The second-order valence-corrected chi connectivity index (χ2v) is 10.4. The predicted molar refractivity (Wildman–Crippen MR) is 163 cm³/mol. The van der Waals surface area contributed by atoms with Crippen molar-refractivity contribution in [3.63, 3.8) is 0 Å². The van der Waals surface area contributed by atoms with Crippen molar-refractivity contribution in [2.45, 2.75) is 0 Å². The Morgan fingerprint density at radius 1 is 0.487 bits per heavy atom. The van der Waals surface area contributed by atoms with E-state index in [1.165, 1.54) is 60.4 Å². The number of benzene rings is 6. The van der Waals surface area contributed by atoms with Crippen LogP contribution in [0.2, 0.25) is 0 Å². The van der Waals surface area contributed by atoms with Gasteiger partial charge in [-0.1, -0.05) is 103 Å². The molecule has 0 saturated heterocycles. The number of fused-ring (bicyclic) bond motifs is 8. The molecule has 9 rings (SSSR count). The standard InChI is InChI=1S/C37H22N2/c1-2-10-28-26(7-1)22-38-36-32-11-3-4-14-34(32)39(37(28)36)27-18-15-23(16-19-27)25-17-20-29-30-12-5-8-24-9-6-13-31(35(24)30)33(29)21-25/h1-22H. The lowest BCUT2D eigenvalue weighted by Gasteiger charge is -2.11. The molecule has 180 valence electrons. The van der Waals surface area contributed by atoms with Crippen LogP contribution in [0.4, 0.5) is 0 Å². The van der Waals surface area contributed by atoms with Gasteiger partial charge in [0.15, 0.2) is 0 Å². The molecule has 2 nitrogen and oxygen atoms in total. The zero-order chi connectivity index (χ0) is 25.5. The van der Waals surface area contributed by atoms with Gasteiger partial charge in [0.1, 0.15) is 0 Å². The Morgan fingerprint density at radius 2 is 1.18 bits per heavy atom. The molecule has 2 heterocycles. The molecular formula is C37H22N2. The predicted octanol–water partition coefficient (Wildman–Crippen LogP) is 9.80. The van der Waals surface area contributed by atoms with Crippen molar-refractivity contribution >= 4 is 43.5 Å². The normalized spacial score (nSPS) is 12.1. The van der Waals surface area contributed by atoms with Gasteiger partial charge in [0, 0.05) is 28.0 Å². The average Bonchev–Trinajstić information content (AvgIpc) is 3.52. The van der Waals surface area contributed by atoms with Gasteiger partial charge in [0.2, 0.25) is 0 Å². The summed E-state index contributed by atoms with van der Waals surface area (Å²) in [5, 5.41) is 6.22. The first-order valence-corrected chi connectivity index (χ1v) is 13.4. The smallest absolute Gasteiger partial charge is 0.0970 e. The monoisotopic (exact) mass is 494 g/mol. The maximum absolute atomic E-state index is 4.89. The zero-order valence-corrected chi connectivity index (χ0v) is 21.1. The highest BCUT2D eigenvalue weighted by molar-refractivity contribution is 6.17. The Bertz CT molecular complexity index is 2260. The van der Waals surface area contributed by atoms with E-state index in [9.17, 15) is 0 Å². The minimum Gasteiger partial charge on any atom is -0.307 e. The minimum absolute atomic E-state index is 1.04. The Labute approximate surface area is 225 Å². The van der Waals surface area contributed by atoms with Gasteiger partial charge >= 0.3 is 0 Å². The zero-order valence-electron chi connectivity index (χ0n) is 21.1. The molecule has 1 aliphatic carbocycles. The summed E-state index contributed by atoms with van der Waals surface area (Å²) in [4.78, 5) is 4.89. The van der Waals surface area contributed by atoms with Crippen molar-refractivity contribution in [3.8, 4) is 39.1 Å². The van der Waals surface area contributed by atoms with Crippen LogP contribution >= 0.6 is 0 Å². The van der Waals surface area contributed by atoms with Crippen LogP contribution in [0.5, 0.6) is 0 Å². The molecule has 0 unspecified atom stereocenters. The van der Waals surface area contributed by atoms with Gasteiger partial charge in [0.05, 0.1) is 16.6 Å². The fourth-order valence-corrected chi connectivity index (χ4v) is 6.60. The van der Waals surface area contributed by atoms with E-state index in [1.807, 2.05) is 6.20 Å². The highest BCUT2D eigenvalue weighted by Crippen LogP contribution is 2.48. The Balaban J connectivity index is 1.21. The van der Waals surface area contributed by atoms with Crippen molar-refractivity contribution < 1.29 is 0 Å². The van der Waals surface area contributed by atoms with Gasteiger partial charge in [-0.15, -0.1) is 0 Å². The summed E-state index contributed by atoms with van der Waals surface area (Å²) in [6, 6.07) is 46.2. The number of aromatic nitrogens is 2. The van der Waals surface area contributed by atoms with Crippen molar-refractivity contribution in [2.24, 2.45) is 0 Å². The largest absolute Gasteiger partial charge is 0.307 e. The van der Waals surface area contributed by atoms with Gasteiger partial charge < -0.3 is 4.57 Å². The third-order valence-electron chi connectivity index (χ3n) is 8.36. The minimum atomic E-state index is 1.04. The summed E-state index contributed by atoms with van der Waals surface area (Å²) in [7, 11) is 0. The molecule has 0 saturated carbocycles. The Morgan fingerprint density at radius 3 is 2.03 bits per heavy atom. The number of hydrogen-bond acceptors (Lipinski definition) is 1. The van der Waals surface area contributed by atoms with Crippen molar-refractivity contribution in [3.05, 3.63) is 134 Å². The van der Waals surface area contributed by atoms with E-state index >= 15 is 0 Å². The lowest BCUT2D eigenvalue weighted by atomic mass is 9.97. The molecule has 0 fully saturated rings. The van der Waals surface area contributed by atoms with Crippen molar-refractivity contribution in [1.82, 2.24) is 9.55 Å². The van der Waals surface area contributed by atoms with Crippen LogP contribution in [0.15, 0.2) is 134 Å². The molecule has 39 heavy (non-hydrogen) atoms. The SMILES string of the molecule is c1cc2c3c(cccc3c1)-c1cc(-c3ccc(-n4c5ccccc5c5ncc6ccccc6c54)cc3)ccc1-2. The first kappa shape index (κ1) is 20.8. The Hall–Kier alpha value is -5.21. The summed E-state index contributed by atoms with van der Waals surface area (Å²) in [6.45, 7) is 0. The highest BCUT2D eigenvalue weighted by atomic mass is 15.0. The number of nitrogens with zero attached hydrogens (tertiary/aromatic N) is 2. The average molecular weight is 495 g/mol. The molecule has 8 aromatic rings. The third kappa shape index (κ3) is 2.83. The van der Waals surface area contributed by atoms with E-state index < -0.39 is 0 Å². The molecule has 0 spiro atoms. The van der Waals surface area contributed by atoms with Crippen molar-refractivity contribution in [1.29, 1.82) is 0 Å². The van der Waals surface area contributed by atoms with Gasteiger partial charge in [-0.25, -0.2) is 0 Å². The molecule has 0 aliphatic heterocycles. The number of para-hydroxylation sites is 1. The second-order valence-electron chi connectivity index (χ2n) is 10.4. The molecule has 6 aromatic carbocycles. The van der Waals surface area contributed by atoms with Crippen LogP contribution in [-0.4, -0.2) is 9.55 Å². The maximum atomic E-state index is 4.89. The molecule has 0 bridgehead atoms. The van der Waals surface area contributed by atoms with Crippen LogP contribution in [-0.2, 0) is 0 Å². The van der Waals surface area contributed by atoms with Crippen LogP contribution in [0.1, 0.15) is 0 Å². The summed E-state index contributed by atoms with van der Waals surface area (Å²) >= 11 is 0. The van der Waals surface area contributed by atoms with E-state index in [0.717, 1.165) is 22.1 Å². The lowest BCUT2D eigenvalue weighted by Crippen LogP contribution is -1.95. The lowest BCUT2D eigenvalue weighted by molar-refractivity contribution is 1.18. The fourth-order valence-electron chi connectivity index (χ4n) is 6.60. The van der Waals surface area contributed by atoms with E-state index in [-0.39, 0.29) is 0 Å². The van der Waals surface area contributed by atoms with Gasteiger partial charge in [0.25, 0.3) is 0 Å². The van der Waals surface area contributed by atoms with E-state index in [4.69, 9.17) is 4.98 Å². The number of rotatable bonds is 2. The summed E-state index contributed by atoms with van der Waals surface area (Å²) in [5.41, 5.74) is 12.3. The van der Waals surface area contributed by atoms with E-state index in [2.05, 4.69) is 132 Å². The molecule has 1 aliphatic rings. The molecule has 0 N–H and O–H groups in total. The van der Waals surface area contributed by atoms with E-state index in [1.54, 1.807) is 0 Å². The number of pyridine rings is 1. The molecule has 0 amide bonds. The fraction of sp³-hybridized carbons (Fsp3) is 0. The molecule has 2 heteroatoms. The van der Waals surface area contributed by atoms with Crippen LogP contribution in [0, 0.1) is 0 Å². The van der Waals surface area contributed by atoms with Crippen LogP contribution in [0.3, 0.4) is 0 Å². The summed E-state index contributed by atoms with van der Waals surface area (Å²) in [6.07, 6.45) is 1.99. The number of hydrogen-bond donors (Lipinski definition) is 0. The van der Waals surface area contributed by atoms with Crippen molar-refractivity contribution in [2.75, 3.05) is 0 Å². The molecule has 2 aromatic heterocycles. The topological polar surface area (TPSA) is 17.8 Å². The van der Waals surface area contributed by atoms with Crippen LogP contribution in [0.25, 0.3) is 82.5 Å². The van der Waals surface area contributed by atoms with Gasteiger partial charge in [-0.2, -0.15) is 0 Å². The summed E-state index contributed by atoms with van der Waals surface area (Å²) in [5.74, 6) is 0. The molecular weight excluding hydrogens is 472 g/mol. The van der Waals surface area contributed by atoms with Gasteiger partial charge in [-0.05, 0) is 68.4 Å². The molecule has 0 radical (unpaired) electrons. The second kappa shape index (κ2) is 7.66. The van der Waals surface area contributed by atoms with E-state index in [0.29, 0.717) is 0 Å². The highest BCUT2D eigenvalue weighted by Gasteiger charge is 2.21. The van der Waals surface area contributed by atoms with Gasteiger partial charge in [-0.3, -0.25) is 4.98 Å².